The third-order valence-corrected chi connectivity index (χ3v) is 16.6. The SMILES string of the molecule is c1ccc(-c2ccc3c(c2)c2ccccc2n3-c2ccc(-c3nc(-c4ccccc4)cc(-c4ccccc4)n3)cc2-c2ccc(-c3cc4c5c(c3)N(c3ccccc3)c3ccccc3B5c3ccccc3N4c3ccccc3)cc2)cc1. The molecule has 0 spiro atoms. The lowest BCUT2D eigenvalue weighted by atomic mass is 9.33. The zero-order valence-electron chi connectivity index (χ0n) is 44.7. The van der Waals surface area contributed by atoms with Crippen molar-refractivity contribution in [2.75, 3.05) is 9.80 Å². The monoisotopic (exact) mass is 1040 g/mol. The molecule has 0 atom stereocenters. The van der Waals surface area contributed by atoms with Gasteiger partial charge in [0.2, 0.25) is 0 Å². The number of hydrogen-bond donors (Lipinski definition) is 0. The van der Waals surface area contributed by atoms with E-state index in [2.05, 4.69) is 306 Å². The molecule has 0 saturated carbocycles. The molecule has 6 heteroatoms. The van der Waals surface area contributed by atoms with Crippen molar-refractivity contribution < 1.29 is 0 Å². The molecule has 0 bridgehead atoms. The van der Waals surface area contributed by atoms with Crippen molar-refractivity contribution in [3.8, 4) is 73.0 Å². The second-order valence-electron chi connectivity index (χ2n) is 21.3. The summed E-state index contributed by atoms with van der Waals surface area (Å²) in [6.45, 7) is 0.0337. The molecule has 82 heavy (non-hydrogen) atoms. The topological polar surface area (TPSA) is 37.2 Å². The highest BCUT2D eigenvalue weighted by Crippen LogP contribution is 2.47. The quantitative estimate of drug-likeness (QED) is 0.135. The molecular formula is C76H50BN5. The summed E-state index contributed by atoms with van der Waals surface area (Å²) in [6, 6.07) is 110. The van der Waals surface area contributed by atoms with Gasteiger partial charge in [-0.05, 0) is 135 Å². The molecule has 14 aromatic rings. The Labute approximate surface area is 477 Å². The minimum Gasteiger partial charge on any atom is -0.311 e. The van der Waals surface area contributed by atoms with Crippen LogP contribution in [0.4, 0.5) is 34.1 Å². The number of para-hydroxylation sites is 5. The number of benzene rings is 12. The van der Waals surface area contributed by atoms with Crippen molar-refractivity contribution >= 4 is 79.0 Å². The summed E-state index contributed by atoms with van der Waals surface area (Å²) < 4.78 is 2.44. The van der Waals surface area contributed by atoms with E-state index in [4.69, 9.17) is 9.97 Å². The minimum atomic E-state index is 0.0337. The van der Waals surface area contributed by atoms with Gasteiger partial charge in [0.05, 0.1) is 28.1 Å². The molecule has 0 unspecified atom stereocenters. The van der Waals surface area contributed by atoms with E-state index in [0.29, 0.717) is 5.82 Å². The molecule has 2 aliphatic heterocycles. The normalized spacial score (nSPS) is 12.3. The lowest BCUT2D eigenvalue weighted by molar-refractivity contribution is 1.16. The van der Waals surface area contributed by atoms with Crippen molar-refractivity contribution in [3.63, 3.8) is 0 Å². The van der Waals surface area contributed by atoms with Crippen molar-refractivity contribution in [1.82, 2.24) is 14.5 Å². The van der Waals surface area contributed by atoms with Crippen molar-refractivity contribution in [2.45, 2.75) is 0 Å². The van der Waals surface area contributed by atoms with Gasteiger partial charge in [0.15, 0.2) is 5.82 Å². The van der Waals surface area contributed by atoms with Gasteiger partial charge in [-0.25, -0.2) is 9.97 Å². The van der Waals surface area contributed by atoms with Gasteiger partial charge in [-0.2, -0.15) is 0 Å². The van der Waals surface area contributed by atoms with E-state index in [0.717, 1.165) is 78.4 Å². The standard InChI is InChI=1S/C76H50BN5/c1-6-22-51(23-7-1)56-42-44-70-63(46-56)61-32-16-19-35-68(61)82(70)69-45-43-57(76-78-66(54-24-8-2-9-25-54)50-67(79-76)55-26-10-3-11-27-55)47-62(69)53-40-38-52(39-41-53)58-48-73-75-74(49-58)81(60-30-14-5-15-31-60)72-37-21-18-34-65(72)77(75)64-33-17-20-36-71(64)80(73)59-28-12-4-13-29-59/h1-50H. The number of rotatable bonds is 9. The predicted octanol–water partition coefficient (Wildman–Crippen LogP) is 17.7. The van der Waals surface area contributed by atoms with Crippen LogP contribution in [0.15, 0.2) is 303 Å². The zero-order chi connectivity index (χ0) is 54.1. The van der Waals surface area contributed by atoms with Gasteiger partial charge in [-0.1, -0.05) is 212 Å². The molecule has 0 fully saturated rings. The molecule has 12 aromatic carbocycles. The summed E-state index contributed by atoms with van der Waals surface area (Å²) in [5, 5.41) is 2.40. The van der Waals surface area contributed by atoms with E-state index in [9.17, 15) is 0 Å². The second kappa shape index (κ2) is 19.5. The summed E-state index contributed by atoms with van der Waals surface area (Å²) >= 11 is 0. The number of anilines is 6. The van der Waals surface area contributed by atoms with E-state index >= 15 is 0 Å². The third kappa shape index (κ3) is 7.87. The fraction of sp³-hybridized carbons (Fsp3) is 0. The molecule has 0 aliphatic carbocycles. The Morgan fingerprint density at radius 1 is 0.268 bits per heavy atom. The number of hydrogen-bond acceptors (Lipinski definition) is 4. The van der Waals surface area contributed by atoms with Crippen molar-refractivity contribution in [1.29, 1.82) is 0 Å². The lowest BCUT2D eigenvalue weighted by Crippen LogP contribution is -2.61. The highest BCUT2D eigenvalue weighted by molar-refractivity contribution is 7.00. The molecule has 0 saturated heterocycles. The smallest absolute Gasteiger partial charge is 0.252 e. The van der Waals surface area contributed by atoms with Gasteiger partial charge < -0.3 is 14.4 Å². The van der Waals surface area contributed by atoms with Gasteiger partial charge in [0.1, 0.15) is 0 Å². The first-order chi connectivity index (χ1) is 40.7. The maximum Gasteiger partial charge on any atom is 0.252 e. The van der Waals surface area contributed by atoms with Crippen LogP contribution < -0.4 is 26.2 Å². The highest BCUT2D eigenvalue weighted by atomic mass is 15.2. The fourth-order valence-electron chi connectivity index (χ4n) is 12.9. The largest absolute Gasteiger partial charge is 0.311 e. The van der Waals surface area contributed by atoms with Crippen LogP contribution in [0.5, 0.6) is 0 Å². The van der Waals surface area contributed by atoms with Gasteiger partial charge in [-0.15, -0.1) is 0 Å². The van der Waals surface area contributed by atoms with Crippen molar-refractivity contribution in [3.05, 3.63) is 303 Å². The maximum absolute atomic E-state index is 5.34. The van der Waals surface area contributed by atoms with Gasteiger partial charge in [0, 0.05) is 67.2 Å². The molecule has 0 radical (unpaired) electrons. The molecule has 2 aliphatic rings. The minimum absolute atomic E-state index is 0.0337. The summed E-state index contributed by atoms with van der Waals surface area (Å²) in [7, 11) is 0. The Hall–Kier alpha value is -10.8. The lowest BCUT2D eigenvalue weighted by Gasteiger charge is -2.44. The Bertz CT molecular complexity index is 4570. The van der Waals surface area contributed by atoms with E-state index in [1.54, 1.807) is 0 Å². The van der Waals surface area contributed by atoms with E-state index < -0.39 is 0 Å². The van der Waals surface area contributed by atoms with Gasteiger partial charge in [0.25, 0.3) is 6.71 Å². The Kier molecular flexibility index (Phi) is 11.2. The number of fused-ring (bicyclic) bond motifs is 7. The van der Waals surface area contributed by atoms with Crippen LogP contribution in [0.25, 0.3) is 94.8 Å². The van der Waals surface area contributed by atoms with Crippen LogP contribution in [-0.2, 0) is 0 Å². The fourth-order valence-corrected chi connectivity index (χ4v) is 12.9. The molecule has 0 N–H and O–H groups in total. The molecule has 5 nitrogen and oxygen atoms in total. The van der Waals surface area contributed by atoms with Gasteiger partial charge >= 0.3 is 0 Å². The molecule has 16 rings (SSSR count). The van der Waals surface area contributed by atoms with Gasteiger partial charge in [-0.3, -0.25) is 0 Å². The molecular weight excluding hydrogens is 994 g/mol. The first-order valence-electron chi connectivity index (χ1n) is 28.1. The Balaban J connectivity index is 0.906. The van der Waals surface area contributed by atoms with Crippen LogP contribution in [0.1, 0.15) is 0 Å². The highest BCUT2D eigenvalue weighted by Gasteiger charge is 2.43. The summed E-state index contributed by atoms with van der Waals surface area (Å²) in [5.41, 5.74) is 25.7. The third-order valence-electron chi connectivity index (χ3n) is 16.6. The Morgan fingerprint density at radius 2 is 0.720 bits per heavy atom. The molecule has 4 heterocycles. The van der Waals surface area contributed by atoms with Crippen LogP contribution in [0.3, 0.4) is 0 Å². The number of aromatic nitrogens is 3. The molecule has 0 amide bonds. The average Bonchev–Trinajstić information content (AvgIpc) is 3.38. The van der Waals surface area contributed by atoms with Crippen LogP contribution in [0, 0.1) is 0 Å². The first kappa shape index (κ1) is 47.2. The average molecular weight is 1040 g/mol. The van der Waals surface area contributed by atoms with Crippen LogP contribution >= 0.6 is 0 Å². The van der Waals surface area contributed by atoms with Crippen LogP contribution in [-0.4, -0.2) is 21.2 Å². The van der Waals surface area contributed by atoms with E-state index in [-0.39, 0.29) is 6.71 Å². The summed E-state index contributed by atoms with van der Waals surface area (Å²) in [6.07, 6.45) is 0. The van der Waals surface area contributed by atoms with Crippen molar-refractivity contribution in [2.24, 2.45) is 0 Å². The Morgan fingerprint density at radius 3 is 1.30 bits per heavy atom. The van der Waals surface area contributed by atoms with E-state index in [1.165, 1.54) is 61.0 Å². The molecule has 382 valence electrons. The summed E-state index contributed by atoms with van der Waals surface area (Å²) in [4.78, 5) is 15.6. The molecule has 2 aromatic heterocycles. The predicted molar refractivity (Wildman–Crippen MR) is 343 cm³/mol. The summed E-state index contributed by atoms with van der Waals surface area (Å²) in [5.74, 6) is 0.662. The van der Waals surface area contributed by atoms with Crippen LogP contribution in [0.2, 0.25) is 0 Å². The van der Waals surface area contributed by atoms with E-state index in [1.807, 2.05) is 12.1 Å². The zero-order valence-corrected chi connectivity index (χ0v) is 44.7. The maximum atomic E-state index is 5.34. The second-order valence-corrected chi connectivity index (χ2v) is 21.3. The number of nitrogens with zero attached hydrogens (tertiary/aromatic N) is 5. The first-order valence-corrected chi connectivity index (χ1v) is 28.1.